The van der Waals surface area contributed by atoms with Crippen LogP contribution in [-0.4, -0.2) is 29.9 Å². The van der Waals surface area contributed by atoms with E-state index in [-0.39, 0.29) is 18.4 Å². The van der Waals surface area contributed by atoms with Gasteiger partial charge in [0.1, 0.15) is 11.2 Å². The highest BCUT2D eigenvalue weighted by Crippen LogP contribution is 2.29. The highest BCUT2D eigenvalue weighted by molar-refractivity contribution is 5.96. The first-order chi connectivity index (χ1) is 16.0. The number of benzene rings is 2. The summed E-state index contributed by atoms with van der Waals surface area (Å²) in [5.74, 6) is -0.133. The fourth-order valence-corrected chi connectivity index (χ4v) is 4.76. The lowest BCUT2D eigenvalue weighted by atomic mass is 10.0. The molecular weight excluding hydrogens is 416 g/mol. The fourth-order valence-electron chi connectivity index (χ4n) is 4.76. The Labute approximate surface area is 192 Å². The second-order valence-electron chi connectivity index (χ2n) is 9.04. The molecule has 0 saturated carbocycles. The number of carbonyl (C=O) groups is 1. The highest BCUT2D eigenvalue weighted by Gasteiger charge is 2.22. The number of carbonyl (C=O) groups excluding carboxylic acids is 1. The van der Waals surface area contributed by atoms with Crippen molar-refractivity contribution in [3.63, 3.8) is 0 Å². The Morgan fingerprint density at radius 1 is 1.06 bits per heavy atom. The molecule has 1 aliphatic rings. The van der Waals surface area contributed by atoms with Crippen LogP contribution in [-0.2, 0) is 17.8 Å². The summed E-state index contributed by atoms with van der Waals surface area (Å²) in [6.07, 6.45) is 3.52. The van der Waals surface area contributed by atoms with Gasteiger partial charge in [-0.15, -0.1) is 0 Å². The zero-order valence-corrected chi connectivity index (χ0v) is 19.0. The van der Waals surface area contributed by atoms with Gasteiger partial charge in [-0.3, -0.25) is 9.69 Å². The molecule has 4 aromatic rings. The number of furan rings is 1. The predicted octanol–water partition coefficient (Wildman–Crippen LogP) is 4.48. The third-order valence-electron chi connectivity index (χ3n) is 6.71. The molecule has 0 aliphatic carbocycles. The van der Waals surface area contributed by atoms with Gasteiger partial charge in [0.2, 0.25) is 5.91 Å². The second kappa shape index (κ2) is 8.87. The van der Waals surface area contributed by atoms with Crippen LogP contribution >= 0.6 is 0 Å². The molecule has 170 valence electrons. The van der Waals surface area contributed by atoms with Gasteiger partial charge >= 0.3 is 5.63 Å². The first kappa shape index (κ1) is 21.5. The molecule has 1 amide bonds. The van der Waals surface area contributed by atoms with Gasteiger partial charge in [-0.25, -0.2) is 4.79 Å². The lowest BCUT2D eigenvalue weighted by Gasteiger charge is -2.32. The second-order valence-corrected chi connectivity index (χ2v) is 9.04. The van der Waals surface area contributed by atoms with Crippen LogP contribution in [0.1, 0.15) is 35.1 Å². The molecule has 5 rings (SSSR count). The van der Waals surface area contributed by atoms with Gasteiger partial charge in [-0.1, -0.05) is 30.3 Å². The average Bonchev–Trinajstić information content (AvgIpc) is 3.17. The van der Waals surface area contributed by atoms with Crippen LogP contribution in [0.4, 0.5) is 0 Å². The van der Waals surface area contributed by atoms with E-state index in [4.69, 9.17) is 8.83 Å². The van der Waals surface area contributed by atoms with Crippen molar-refractivity contribution in [3.05, 3.63) is 81.4 Å². The van der Waals surface area contributed by atoms with E-state index in [1.807, 2.05) is 26.0 Å². The predicted molar refractivity (Wildman–Crippen MR) is 128 cm³/mol. The van der Waals surface area contributed by atoms with Crippen molar-refractivity contribution in [2.45, 2.75) is 45.7 Å². The number of piperidine rings is 1. The molecule has 0 spiro atoms. The summed E-state index contributed by atoms with van der Waals surface area (Å²) >= 11 is 0. The third kappa shape index (κ3) is 4.44. The van der Waals surface area contributed by atoms with Gasteiger partial charge in [0.25, 0.3) is 0 Å². The molecule has 1 aliphatic heterocycles. The summed E-state index contributed by atoms with van der Waals surface area (Å²) < 4.78 is 11.1. The maximum absolute atomic E-state index is 12.8. The largest absolute Gasteiger partial charge is 0.464 e. The number of likely N-dealkylation sites (tertiary alicyclic amines) is 1. The normalized spacial score (nSPS) is 15.3. The molecule has 3 heterocycles. The van der Waals surface area contributed by atoms with Crippen LogP contribution in [0.3, 0.4) is 0 Å². The van der Waals surface area contributed by atoms with Gasteiger partial charge in [0.05, 0.1) is 18.2 Å². The SMILES string of the molecule is Cc1coc2cc3oc(=O)c(CC(=O)NC4CCN(Cc5ccccc5)CC4)c(C)c3cc12. The lowest BCUT2D eigenvalue weighted by molar-refractivity contribution is -0.121. The van der Waals surface area contributed by atoms with Crippen molar-refractivity contribution in [1.82, 2.24) is 10.2 Å². The molecule has 0 atom stereocenters. The molecule has 1 N–H and O–H groups in total. The van der Waals surface area contributed by atoms with Gasteiger partial charge in [0.15, 0.2) is 0 Å². The standard InChI is InChI=1S/C27H28N2O4/c1-17-16-32-24-14-25-22(12-21(17)24)18(2)23(27(31)33-25)13-26(30)28-20-8-10-29(11-9-20)15-19-6-4-3-5-7-19/h3-7,12,14,16,20H,8-11,13,15H2,1-2H3,(H,28,30). The van der Waals surface area contributed by atoms with Crippen LogP contribution in [0, 0.1) is 13.8 Å². The summed E-state index contributed by atoms with van der Waals surface area (Å²) in [7, 11) is 0. The number of nitrogens with zero attached hydrogens (tertiary/aromatic N) is 1. The first-order valence-electron chi connectivity index (χ1n) is 11.5. The van der Waals surface area contributed by atoms with E-state index in [1.165, 1.54) is 5.56 Å². The molecule has 1 fully saturated rings. The van der Waals surface area contributed by atoms with Crippen LogP contribution in [0.15, 0.2) is 62.4 Å². The molecule has 1 saturated heterocycles. The monoisotopic (exact) mass is 444 g/mol. The molecule has 2 aromatic heterocycles. The van der Waals surface area contributed by atoms with Gasteiger partial charge in [-0.2, -0.15) is 0 Å². The van der Waals surface area contributed by atoms with E-state index in [0.29, 0.717) is 16.7 Å². The summed E-state index contributed by atoms with van der Waals surface area (Å²) in [4.78, 5) is 27.9. The van der Waals surface area contributed by atoms with Crippen molar-refractivity contribution < 1.29 is 13.6 Å². The zero-order valence-electron chi connectivity index (χ0n) is 19.0. The van der Waals surface area contributed by atoms with E-state index < -0.39 is 5.63 Å². The number of fused-ring (bicyclic) bond motifs is 2. The van der Waals surface area contributed by atoms with Gasteiger partial charge in [0, 0.05) is 42.5 Å². The Morgan fingerprint density at radius 3 is 2.58 bits per heavy atom. The lowest BCUT2D eigenvalue weighted by Crippen LogP contribution is -2.45. The van der Waals surface area contributed by atoms with Crippen LogP contribution in [0.25, 0.3) is 21.9 Å². The molecular formula is C27H28N2O4. The molecule has 0 unspecified atom stereocenters. The quantitative estimate of drug-likeness (QED) is 0.460. The Balaban J connectivity index is 1.25. The Hall–Kier alpha value is -3.38. The maximum Gasteiger partial charge on any atom is 0.340 e. The molecule has 2 aromatic carbocycles. The number of amides is 1. The first-order valence-corrected chi connectivity index (χ1v) is 11.5. The van der Waals surface area contributed by atoms with Crippen molar-refractivity contribution >= 4 is 27.8 Å². The van der Waals surface area contributed by atoms with Crippen molar-refractivity contribution in [1.29, 1.82) is 0 Å². The summed E-state index contributed by atoms with van der Waals surface area (Å²) in [5.41, 5.74) is 4.24. The Kier molecular flexibility index (Phi) is 5.77. The Morgan fingerprint density at radius 2 is 1.82 bits per heavy atom. The minimum atomic E-state index is -0.463. The van der Waals surface area contributed by atoms with E-state index in [0.717, 1.165) is 54.4 Å². The fraction of sp³-hybridized carbons (Fsp3) is 0.333. The summed E-state index contributed by atoms with van der Waals surface area (Å²) in [6.45, 7) is 6.67. The van der Waals surface area contributed by atoms with E-state index in [1.54, 1.807) is 12.3 Å². The minimum Gasteiger partial charge on any atom is -0.464 e. The number of hydrogen-bond donors (Lipinski definition) is 1. The van der Waals surface area contributed by atoms with Crippen molar-refractivity contribution in [2.75, 3.05) is 13.1 Å². The highest BCUT2D eigenvalue weighted by atomic mass is 16.4. The summed E-state index contributed by atoms with van der Waals surface area (Å²) in [5, 5.41) is 4.95. The van der Waals surface area contributed by atoms with Crippen LogP contribution in [0.5, 0.6) is 0 Å². The molecule has 33 heavy (non-hydrogen) atoms. The summed E-state index contributed by atoms with van der Waals surface area (Å²) in [6, 6.07) is 14.3. The zero-order chi connectivity index (χ0) is 22.9. The molecule has 0 bridgehead atoms. The minimum absolute atomic E-state index is 0.0245. The number of rotatable bonds is 5. The maximum atomic E-state index is 12.8. The molecule has 0 radical (unpaired) electrons. The van der Waals surface area contributed by atoms with Gasteiger partial charge in [-0.05, 0) is 49.4 Å². The van der Waals surface area contributed by atoms with Crippen molar-refractivity contribution in [3.8, 4) is 0 Å². The average molecular weight is 445 g/mol. The van der Waals surface area contributed by atoms with E-state index in [9.17, 15) is 9.59 Å². The number of aryl methyl sites for hydroxylation is 2. The molecule has 6 heteroatoms. The Bertz CT molecular complexity index is 1360. The number of nitrogens with one attached hydrogen (secondary N) is 1. The topological polar surface area (TPSA) is 75.7 Å². The van der Waals surface area contributed by atoms with Crippen LogP contribution in [0.2, 0.25) is 0 Å². The van der Waals surface area contributed by atoms with E-state index in [2.05, 4.69) is 34.5 Å². The number of hydrogen-bond acceptors (Lipinski definition) is 5. The smallest absolute Gasteiger partial charge is 0.340 e. The third-order valence-corrected chi connectivity index (χ3v) is 6.71. The molecule has 6 nitrogen and oxygen atoms in total. The van der Waals surface area contributed by atoms with E-state index >= 15 is 0 Å². The van der Waals surface area contributed by atoms with Crippen LogP contribution < -0.4 is 10.9 Å². The van der Waals surface area contributed by atoms with Gasteiger partial charge < -0.3 is 14.2 Å². The van der Waals surface area contributed by atoms with Crippen molar-refractivity contribution in [2.24, 2.45) is 0 Å².